The van der Waals surface area contributed by atoms with Gasteiger partial charge in [0.25, 0.3) is 5.91 Å². The Labute approximate surface area is 166 Å². The SMILES string of the molecule is Cc1ccc(Cl)cc1NC(=O)C[C@H]1N=C(N=C(N)Nc2ccccc2)NC1=O. The molecule has 0 aromatic heterocycles. The van der Waals surface area contributed by atoms with Crippen LogP contribution in [0.25, 0.3) is 0 Å². The number of nitrogens with one attached hydrogen (secondary N) is 3. The molecule has 0 fully saturated rings. The summed E-state index contributed by atoms with van der Waals surface area (Å²) in [5.74, 6) is -0.633. The summed E-state index contributed by atoms with van der Waals surface area (Å²) in [6.45, 7) is 1.85. The average molecular weight is 399 g/mol. The van der Waals surface area contributed by atoms with E-state index in [0.717, 1.165) is 11.3 Å². The normalized spacial score (nSPS) is 16.4. The first kappa shape index (κ1) is 19.4. The maximum absolute atomic E-state index is 12.3. The van der Waals surface area contributed by atoms with Gasteiger partial charge in [0, 0.05) is 16.4 Å². The monoisotopic (exact) mass is 398 g/mol. The number of benzene rings is 2. The molecule has 144 valence electrons. The number of nitrogens with two attached hydrogens (primary N) is 1. The van der Waals surface area contributed by atoms with E-state index in [4.69, 9.17) is 17.3 Å². The van der Waals surface area contributed by atoms with Crippen molar-refractivity contribution in [3.63, 3.8) is 0 Å². The number of amides is 2. The predicted octanol–water partition coefficient (Wildman–Crippen LogP) is 2.26. The van der Waals surface area contributed by atoms with Gasteiger partial charge in [-0.2, -0.15) is 4.99 Å². The number of aliphatic imine (C=N–C) groups is 2. The molecular weight excluding hydrogens is 380 g/mol. The van der Waals surface area contributed by atoms with E-state index in [2.05, 4.69) is 25.9 Å². The van der Waals surface area contributed by atoms with Crippen LogP contribution < -0.4 is 21.7 Å². The first-order valence-electron chi connectivity index (χ1n) is 8.51. The van der Waals surface area contributed by atoms with Crippen LogP contribution in [0.4, 0.5) is 11.4 Å². The Balaban J connectivity index is 1.62. The fraction of sp³-hybridized carbons (Fsp3) is 0.158. The standard InChI is InChI=1S/C19H19ClN6O2/c1-11-7-8-12(20)9-14(11)23-16(27)10-15-17(28)25-19(24-15)26-18(21)22-13-5-3-2-4-6-13/h2-9,15H,10H2,1H3,(H,23,27)(H4,21,22,24,25,26,28)/t15-/m1/s1. The minimum absolute atomic E-state index is 0.0580. The van der Waals surface area contributed by atoms with Gasteiger partial charge in [-0.3, -0.25) is 14.9 Å². The van der Waals surface area contributed by atoms with Crippen LogP contribution in [0.5, 0.6) is 0 Å². The smallest absolute Gasteiger partial charge is 0.252 e. The van der Waals surface area contributed by atoms with E-state index in [1.165, 1.54) is 0 Å². The van der Waals surface area contributed by atoms with Gasteiger partial charge < -0.3 is 16.4 Å². The molecule has 2 aromatic carbocycles. The van der Waals surface area contributed by atoms with E-state index in [0.29, 0.717) is 10.7 Å². The van der Waals surface area contributed by atoms with Gasteiger partial charge in [-0.1, -0.05) is 35.9 Å². The molecule has 0 bridgehead atoms. The fourth-order valence-corrected chi connectivity index (χ4v) is 2.72. The minimum atomic E-state index is -0.872. The maximum atomic E-state index is 12.3. The molecule has 0 saturated carbocycles. The van der Waals surface area contributed by atoms with Crippen LogP contribution >= 0.6 is 11.6 Å². The number of halogens is 1. The van der Waals surface area contributed by atoms with Gasteiger partial charge in [0.1, 0.15) is 6.04 Å². The molecule has 1 aliphatic heterocycles. The predicted molar refractivity (Wildman–Crippen MR) is 110 cm³/mol. The molecule has 3 rings (SSSR count). The summed E-state index contributed by atoms with van der Waals surface area (Å²) in [4.78, 5) is 32.5. The van der Waals surface area contributed by atoms with Crippen molar-refractivity contribution < 1.29 is 9.59 Å². The summed E-state index contributed by atoms with van der Waals surface area (Å²) in [6, 6.07) is 13.5. The van der Waals surface area contributed by atoms with Crippen molar-refractivity contribution in [2.75, 3.05) is 10.6 Å². The highest BCUT2D eigenvalue weighted by Crippen LogP contribution is 2.20. The van der Waals surface area contributed by atoms with Crippen LogP contribution in [0, 0.1) is 6.92 Å². The lowest BCUT2D eigenvalue weighted by molar-refractivity contribution is -0.123. The summed E-state index contributed by atoms with van der Waals surface area (Å²) in [5.41, 5.74) is 8.03. The van der Waals surface area contributed by atoms with Crippen molar-refractivity contribution in [3.8, 4) is 0 Å². The number of hydrogen-bond donors (Lipinski definition) is 4. The molecule has 5 N–H and O–H groups in total. The number of nitrogens with zero attached hydrogens (tertiary/aromatic N) is 2. The number of carbonyl (C=O) groups excluding carboxylic acids is 2. The molecule has 1 atom stereocenters. The Morgan fingerprint density at radius 3 is 2.75 bits per heavy atom. The Kier molecular flexibility index (Phi) is 5.90. The number of anilines is 2. The van der Waals surface area contributed by atoms with Crippen LogP contribution in [0.3, 0.4) is 0 Å². The summed E-state index contributed by atoms with van der Waals surface area (Å²) < 4.78 is 0. The topological polar surface area (TPSA) is 121 Å². The second-order valence-electron chi connectivity index (χ2n) is 6.16. The number of hydrogen-bond acceptors (Lipinski definition) is 4. The molecule has 1 aliphatic rings. The second-order valence-corrected chi connectivity index (χ2v) is 6.59. The molecule has 0 saturated heterocycles. The van der Waals surface area contributed by atoms with Gasteiger partial charge in [-0.05, 0) is 36.8 Å². The third-order valence-electron chi connectivity index (χ3n) is 3.94. The van der Waals surface area contributed by atoms with E-state index in [1.54, 1.807) is 18.2 Å². The molecule has 28 heavy (non-hydrogen) atoms. The Hall–Kier alpha value is -3.39. The molecule has 0 unspecified atom stereocenters. The van der Waals surface area contributed by atoms with Gasteiger partial charge in [0.2, 0.25) is 17.8 Å². The van der Waals surface area contributed by atoms with Gasteiger partial charge >= 0.3 is 0 Å². The number of aryl methyl sites for hydroxylation is 1. The van der Waals surface area contributed by atoms with E-state index >= 15 is 0 Å². The number of para-hydroxylation sites is 1. The van der Waals surface area contributed by atoms with Crippen LogP contribution in [0.1, 0.15) is 12.0 Å². The average Bonchev–Trinajstić information content (AvgIpc) is 2.97. The molecular formula is C19H19ClN6O2. The first-order chi connectivity index (χ1) is 13.4. The molecule has 1 heterocycles. The Bertz CT molecular complexity index is 958. The van der Waals surface area contributed by atoms with Crippen molar-refractivity contribution in [2.24, 2.45) is 15.7 Å². The van der Waals surface area contributed by atoms with E-state index in [-0.39, 0.29) is 24.2 Å². The molecule has 9 heteroatoms. The maximum Gasteiger partial charge on any atom is 0.252 e. The lowest BCUT2D eigenvalue weighted by atomic mass is 10.1. The third kappa shape index (κ3) is 5.08. The van der Waals surface area contributed by atoms with Gasteiger partial charge in [0.05, 0.1) is 6.42 Å². The molecule has 8 nitrogen and oxygen atoms in total. The zero-order valence-corrected chi connectivity index (χ0v) is 15.8. The van der Waals surface area contributed by atoms with Crippen molar-refractivity contribution in [1.29, 1.82) is 0 Å². The summed E-state index contributed by atoms with van der Waals surface area (Å²) in [5, 5.41) is 8.65. The summed E-state index contributed by atoms with van der Waals surface area (Å²) in [7, 11) is 0. The number of rotatable bonds is 4. The van der Waals surface area contributed by atoms with Crippen molar-refractivity contribution in [1.82, 2.24) is 5.32 Å². The highest BCUT2D eigenvalue weighted by molar-refractivity contribution is 6.31. The van der Waals surface area contributed by atoms with Crippen molar-refractivity contribution >= 4 is 46.7 Å². The molecule has 0 radical (unpaired) electrons. The van der Waals surface area contributed by atoms with Crippen molar-refractivity contribution in [3.05, 3.63) is 59.1 Å². The zero-order valence-electron chi connectivity index (χ0n) is 15.1. The summed E-state index contributed by atoms with van der Waals surface area (Å²) in [6.07, 6.45) is -0.122. The zero-order chi connectivity index (χ0) is 20.1. The third-order valence-corrected chi connectivity index (χ3v) is 4.18. The highest BCUT2D eigenvalue weighted by Gasteiger charge is 2.28. The highest BCUT2D eigenvalue weighted by atomic mass is 35.5. The largest absolute Gasteiger partial charge is 0.369 e. The van der Waals surface area contributed by atoms with Gasteiger partial charge in [-0.15, -0.1) is 0 Å². The Morgan fingerprint density at radius 1 is 1.25 bits per heavy atom. The minimum Gasteiger partial charge on any atom is -0.369 e. The van der Waals surface area contributed by atoms with E-state index in [1.807, 2.05) is 37.3 Å². The van der Waals surface area contributed by atoms with Crippen molar-refractivity contribution in [2.45, 2.75) is 19.4 Å². The number of guanidine groups is 2. The molecule has 0 aliphatic carbocycles. The Morgan fingerprint density at radius 2 is 2.00 bits per heavy atom. The van der Waals surface area contributed by atoms with Crippen LogP contribution in [-0.4, -0.2) is 29.8 Å². The number of carbonyl (C=O) groups is 2. The van der Waals surface area contributed by atoms with E-state index < -0.39 is 11.9 Å². The van der Waals surface area contributed by atoms with Crippen LogP contribution in [-0.2, 0) is 9.59 Å². The molecule has 0 spiro atoms. The lowest BCUT2D eigenvalue weighted by Crippen LogP contribution is -2.32. The van der Waals surface area contributed by atoms with Crippen LogP contribution in [0.2, 0.25) is 5.02 Å². The fourth-order valence-electron chi connectivity index (χ4n) is 2.54. The van der Waals surface area contributed by atoms with E-state index in [9.17, 15) is 9.59 Å². The lowest BCUT2D eigenvalue weighted by Gasteiger charge is -2.09. The van der Waals surface area contributed by atoms with Crippen LogP contribution in [0.15, 0.2) is 58.5 Å². The second kappa shape index (κ2) is 8.53. The molecule has 2 aromatic rings. The first-order valence-corrected chi connectivity index (χ1v) is 8.89. The quantitative estimate of drug-likeness (QED) is 0.466. The van der Waals surface area contributed by atoms with Gasteiger partial charge in [0.15, 0.2) is 0 Å². The molecule has 2 amide bonds. The van der Waals surface area contributed by atoms with Gasteiger partial charge in [-0.25, -0.2) is 4.99 Å². The summed E-state index contributed by atoms with van der Waals surface area (Å²) >= 11 is 5.95.